The van der Waals surface area contributed by atoms with Gasteiger partial charge in [-0.05, 0) is 35.9 Å². The Morgan fingerprint density at radius 2 is 1.90 bits per heavy atom. The third-order valence-corrected chi connectivity index (χ3v) is 3.96. The summed E-state index contributed by atoms with van der Waals surface area (Å²) in [5.74, 6) is -0.0171. The van der Waals surface area contributed by atoms with Crippen LogP contribution in [0.5, 0.6) is 5.75 Å². The second-order valence-corrected chi connectivity index (χ2v) is 5.90. The molecule has 0 aromatic heterocycles. The fourth-order valence-electron chi connectivity index (χ4n) is 1.69. The molecule has 0 unspecified atom stereocenters. The van der Waals surface area contributed by atoms with E-state index in [1.165, 1.54) is 7.11 Å². The van der Waals surface area contributed by atoms with Gasteiger partial charge in [0, 0.05) is 4.47 Å². The zero-order valence-corrected chi connectivity index (χ0v) is 14.1. The zero-order valence-electron chi connectivity index (χ0n) is 11.0. The van der Waals surface area contributed by atoms with Crippen molar-refractivity contribution >= 4 is 45.1 Å². The number of esters is 1. The largest absolute Gasteiger partial charge is 0.488 e. The van der Waals surface area contributed by atoms with Gasteiger partial charge in [0.25, 0.3) is 0 Å². The average molecular weight is 390 g/mol. The lowest BCUT2D eigenvalue weighted by molar-refractivity contribution is 0.0595. The Hall–Kier alpha value is -1.23. The molecular weight excluding hydrogens is 379 g/mol. The summed E-state index contributed by atoms with van der Waals surface area (Å²) in [7, 11) is 1.33. The highest BCUT2D eigenvalue weighted by atomic mass is 79.9. The molecule has 6 heteroatoms. The highest BCUT2D eigenvalue weighted by molar-refractivity contribution is 9.10. The van der Waals surface area contributed by atoms with E-state index in [0.29, 0.717) is 21.4 Å². The van der Waals surface area contributed by atoms with Gasteiger partial charge in [0.2, 0.25) is 0 Å². The van der Waals surface area contributed by atoms with E-state index in [1.54, 1.807) is 30.3 Å². The van der Waals surface area contributed by atoms with Gasteiger partial charge in [-0.2, -0.15) is 0 Å². The topological polar surface area (TPSA) is 35.5 Å². The van der Waals surface area contributed by atoms with Crippen LogP contribution in [0, 0.1) is 0 Å². The molecule has 0 spiro atoms. The summed E-state index contributed by atoms with van der Waals surface area (Å²) in [6.07, 6.45) is 0. The van der Waals surface area contributed by atoms with Crippen LogP contribution in [0.4, 0.5) is 0 Å². The molecule has 2 aromatic carbocycles. The Morgan fingerprint density at radius 1 is 1.14 bits per heavy atom. The summed E-state index contributed by atoms with van der Waals surface area (Å²) in [5.41, 5.74) is 1.20. The van der Waals surface area contributed by atoms with Crippen molar-refractivity contribution in [1.82, 2.24) is 0 Å². The number of hydrogen-bond donors (Lipinski definition) is 0. The number of methoxy groups -OCH3 is 1. The van der Waals surface area contributed by atoms with Gasteiger partial charge in [-0.3, -0.25) is 0 Å². The van der Waals surface area contributed by atoms with Crippen LogP contribution in [0.3, 0.4) is 0 Å². The Morgan fingerprint density at radius 3 is 2.57 bits per heavy atom. The van der Waals surface area contributed by atoms with Gasteiger partial charge in [-0.25, -0.2) is 4.79 Å². The maximum absolute atomic E-state index is 11.7. The number of benzene rings is 2. The van der Waals surface area contributed by atoms with Crippen LogP contribution < -0.4 is 4.74 Å². The minimum Gasteiger partial charge on any atom is -0.488 e. The smallest absolute Gasteiger partial charge is 0.341 e. The van der Waals surface area contributed by atoms with Gasteiger partial charge < -0.3 is 9.47 Å². The van der Waals surface area contributed by atoms with Crippen LogP contribution in [0.25, 0.3) is 0 Å². The Balaban J connectivity index is 2.19. The summed E-state index contributed by atoms with van der Waals surface area (Å²) < 4.78 is 11.2. The first-order valence-electron chi connectivity index (χ1n) is 5.96. The van der Waals surface area contributed by atoms with E-state index in [9.17, 15) is 4.79 Å². The lowest BCUT2D eigenvalue weighted by Crippen LogP contribution is -2.06. The molecule has 0 aliphatic carbocycles. The number of rotatable bonds is 4. The number of hydrogen-bond acceptors (Lipinski definition) is 3. The molecule has 0 saturated carbocycles. The van der Waals surface area contributed by atoms with E-state index in [1.807, 2.05) is 6.07 Å². The lowest BCUT2D eigenvalue weighted by atomic mass is 10.2. The molecule has 0 heterocycles. The third-order valence-electron chi connectivity index (χ3n) is 2.73. The molecular formula is C15H11BrCl2O3. The Kier molecular flexibility index (Phi) is 5.51. The quantitative estimate of drug-likeness (QED) is 0.680. The zero-order chi connectivity index (χ0) is 15.4. The standard InChI is InChI=1S/C15H11BrCl2O3/c1-20-15(19)11-7-10(16)3-5-14(11)21-8-9-2-4-12(17)13(18)6-9/h2-7H,8H2,1H3. The third kappa shape index (κ3) is 4.13. The maximum Gasteiger partial charge on any atom is 0.341 e. The summed E-state index contributed by atoms with van der Waals surface area (Å²) >= 11 is 15.1. The van der Waals surface area contributed by atoms with Crippen molar-refractivity contribution in [2.75, 3.05) is 7.11 Å². The van der Waals surface area contributed by atoms with E-state index < -0.39 is 5.97 Å². The summed E-state index contributed by atoms with van der Waals surface area (Å²) in [4.78, 5) is 11.7. The molecule has 0 amide bonds. The molecule has 3 nitrogen and oxygen atoms in total. The fourth-order valence-corrected chi connectivity index (χ4v) is 2.37. The SMILES string of the molecule is COC(=O)c1cc(Br)ccc1OCc1ccc(Cl)c(Cl)c1. The molecule has 0 aliphatic heterocycles. The van der Waals surface area contributed by atoms with Crippen LogP contribution in [0.1, 0.15) is 15.9 Å². The molecule has 0 bridgehead atoms. The number of carbonyl (C=O) groups excluding carboxylic acids is 1. The molecule has 0 saturated heterocycles. The van der Waals surface area contributed by atoms with Gasteiger partial charge >= 0.3 is 5.97 Å². The molecule has 2 aromatic rings. The van der Waals surface area contributed by atoms with Gasteiger partial charge in [-0.15, -0.1) is 0 Å². The van der Waals surface area contributed by atoms with Crippen molar-refractivity contribution in [3.8, 4) is 5.75 Å². The molecule has 0 aliphatic rings. The first-order chi connectivity index (χ1) is 10.0. The van der Waals surface area contributed by atoms with Crippen LogP contribution in [-0.4, -0.2) is 13.1 Å². The first-order valence-corrected chi connectivity index (χ1v) is 7.50. The summed E-state index contributed by atoms with van der Waals surface area (Å²) in [6, 6.07) is 10.4. The molecule has 0 radical (unpaired) electrons. The summed E-state index contributed by atoms with van der Waals surface area (Å²) in [5, 5.41) is 0.945. The van der Waals surface area contributed by atoms with E-state index >= 15 is 0 Å². The van der Waals surface area contributed by atoms with Crippen LogP contribution in [0.15, 0.2) is 40.9 Å². The fraction of sp³-hybridized carbons (Fsp3) is 0.133. The molecule has 21 heavy (non-hydrogen) atoms. The van der Waals surface area contributed by atoms with Crippen molar-refractivity contribution in [3.05, 3.63) is 62.0 Å². The number of halogens is 3. The average Bonchev–Trinajstić information content (AvgIpc) is 2.48. The predicted octanol–water partition coefficient (Wildman–Crippen LogP) is 5.12. The van der Waals surface area contributed by atoms with Crippen LogP contribution in [0.2, 0.25) is 10.0 Å². The van der Waals surface area contributed by atoms with Gasteiger partial charge in [0.05, 0.1) is 17.2 Å². The van der Waals surface area contributed by atoms with E-state index in [2.05, 4.69) is 15.9 Å². The first kappa shape index (κ1) is 16.1. The van der Waals surface area contributed by atoms with Crippen LogP contribution >= 0.6 is 39.1 Å². The number of ether oxygens (including phenoxy) is 2. The van der Waals surface area contributed by atoms with Gasteiger partial charge in [-0.1, -0.05) is 45.2 Å². The van der Waals surface area contributed by atoms with E-state index in [-0.39, 0.29) is 6.61 Å². The van der Waals surface area contributed by atoms with Crippen LogP contribution in [-0.2, 0) is 11.3 Å². The lowest BCUT2D eigenvalue weighted by Gasteiger charge is -2.11. The monoisotopic (exact) mass is 388 g/mol. The molecule has 2 rings (SSSR count). The minimum atomic E-state index is -0.458. The van der Waals surface area contributed by atoms with Crippen molar-refractivity contribution in [3.63, 3.8) is 0 Å². The maximum atomic E-state index is 11.7. The minimum absolute atomic E-state index is 0.266. The highest BCUT2D eigenvalue weighted by Crippen LogP contribution is 2.26. The van der Waals surface area contributed by atoms with E-state index in [0.717, 1.165) is 10.0 Å². The Bertz CT molecular complexity index is 674. The summed E-state index contributed by atoms with van der Waals surface area (Å²) in [6.45, 7) is 0.266. The molecule has 0 fully saturated rings. The highest BCUT2D eigenvalue weighted by Gasteiger charge is 2.14. The van der Waals surface area contributed by atoms with Gasteiger partial charge in [0.1, 0.15) is 17.9 Å². The van der Waals surface area contributed by atoms with Crippen molar-refractivity contribution in [2.45, 2.75) is 6.61 Å². The Labute approximate surface area is 140 Å². The van der Waals surface area contributed by atoms with Crippen molar-refractivity contribution < 1.29 is 14.3 Å². The predicted molar refractivity (Wildman–Crippen MR) is 86.3 cm³/mol. The number of carbonyl (C=O) groups is 1. The molecule has 110 valence electrons. The molecule has 0 N–H and O–H groups in total. The second-order valence-electron chi connectivity index (χ2n) is 4.17. The van der Waals surface area contributed by atoms with Crippen molar-refractivity contribution in [2.24, 2.45) is 0 Å². The van der Waals surface area contributed by atoms with E-state index in [4.69, 9.17) is 32.7 Å². The second kappa shape index (κ2) is 7.16. The van der Waals surface area contributed by atoms with Crippen molar-refractivity contribution in [1.29, 1.82) is 0 Å². The molecule has 0 atom stereocenters. The normalized spacial score (nSPS) is 10.3. The van der Waals surface area contributed by atoms with Gasteiger partial charge in [0.15, 0.2) is 0 Å².